The monoisotopic (exact) mass is 408 g/mol. The lowest BCUT2D eigenvalue weighted by Gasteiger charge is -2.10. The minimum absolute atomic E-state index is 0.0388. The van der Waals surface area contributed by atoms with Crippen molar-refractivity contribution in [1.82, 2.24) is 0 Å². The molecule has 0 amide bonds. The van der Waals surface area contributed by atoms with E-state index in [1.165, 1.54) is 0 Å². The van der Waals surface area contributed by atoms with Gasteiger partial charge in [-0.25, -0.2) is 17.6 Å². The Morgan fingerprint density at radius 2 is 1.62 bits per heavy atom. The Labute approximate surface area is 146 Å². The molecule has 2 nitrogen and oxygen atoms in total. The molecule has 0 unspecified atom stereocenters. The van der Waals surface area contributed by atoms with Crippen molar-refractivity contribution in [2.45, 2.75) is 34.3 Å². The average Bonchev–Trinajstić information content (AvgIpc) is 3.02. The normalized spacial score (nSPS) is 21.4. The zero-order valence-corrected chi connectivity index (χ0v) is 15.2. The molecular formula is C17H17BrF4O2. The molecule has 1 aromatic rings. The maximum absolute atomic E-state index is 13.8. The van der Waals surface area contributed by atoms with Gasteiger partial charge in [-0.3, -0.25) is 4.79 Å². The maximum Gasteiger partial charge on any atom is 0.310 e. The summed E-state index contributed by atoms with van der Waals surface area (Å²) in [7, 11) is 0. The van der Waals surface area contributed by atoms with E-state index in [0.29, 0.717) is 0 Å². The summed E-state index contributed by atoms with van der Waals surface area (Å²) >= 11 is 2.43. The number of allylic oxidation sites excluding steroid dienone is 2. The van der Waals surface area contributed by atoms with Crippen LogP contribution in [0.3, 0.4) is 0 Å². The summed E-state index contributed by atoms with van der Waals surface area (Å²) in [6.45, 7) is 6.68. The SMILES string of the molecule is CC(C)=C[C@@H]1[C@@H](C(=O)OCc2c(F)c(F)c(Br)c(F)c2F)C1(C)C. The van der Waals surface area contributed by atoms with E-state index in [2.05, 4.69) is 15.9 Å². The molecule has 7 heteroatoms. The fourth-order valence-corrected chi connectivity index (χ4v) is 3.16. The second kappa shape index (κ2) is 6.50. The average molecular weight is 409 g/mol. The van der Waals surface area contributed by atoms with Crippen molar-refractivity contribution >= 4 is 21.9 Å². The first-order chi connectivity index (χ1) is 11.0. The first-order valence-corrected chi connectivity index (χ1v) is 8.11. The predicted octanol–water partition coefficient (Wildman–Crippen LogP) is 5.29. The molecule has 0 aromatic heterocycles. The summed E-state index contributed by atoms with van der Waals surface area (Å²) in [5, 5.41) is 0. The Balaban J connectivity index is 2.16. The summed E-state index contributed by atoms with van der Waals surface area (Å²) < 4.78 is 58.5. The number of rotatable bonds is 4. The number of carbonyl (C=O) groups is 1. The van der Waals surface area contributed by atoms with Crippen LogP contribution < -0.4 is 0 Å². The molecule has 0 N–H and O–H groups in total. The minimum Gasteiger partial charge on any atom is -0.460 e. The molecule has 132 valence electrons. The van der Waals surface area contributed by atoms with Crippen LogP contribution in [0.1, 0.15) is 33.3 Å². The van der Waals surface area contributed by atoms with Gasteiger partial charge in [-0.2, -0.15) is 0 Å². The summed E-state index contributed by atoms with van der Waals surface area (Å²) in [6, 6.07) is 0. The highest BCUT2D eigenvalue weighted by molar-refractivity contribution is 9.10. The molecule has 1 aliphatic rings. The van der Waals surface area contributed by atoms with Crippen LogP contribution >= 0.6 is 15.9 Å². The third-order valence-electron chi connectivity index (χ3n) is 4.34. The standard InChI is InChI=1S/C17H17BrF4O2/c1-7(2)5-9-10(17(9,3)4)16(23)24-6-8-12(19)14(21)11(18)15(22)13(8)20/h5,9-10H,6H2,1-4H3/t9-,10+/m1/s1. The Bertz CT molecular complexity index is 695. The van der Waals surface area contributed by atoms with E-state index in [4.69, 9.17) is 4.74 Å². The van der Waals surface area contributed by atoms with E-state index < -0.39 is 51.8 Å². The summed E-state index contributed by atoms with van der Waals surface area (Å²) in [5.74, 6) is -7.42. The van der Waals surface area contributed by atoms with Crippen molar-refractivity contribution < 1.29 is 27.1 Å². The molecule has 2 rings (SSSR count). The number of hydrogen-bond acceptors (Lipinski definition) is 2. The number of carbonyl (C=O) groups excluding carboxylic acids is 1. The Kier molecular flexibility index (Phi) is 5.14. The van der Waals surface area contributed by atoms with Crippen molar-refractivity contribution in [1.29, 1.82) is 0 Å². The van der Waals surface area contributed by atoms with Crippen molar-refractivity contribution in [3.8, 4) is 0 Å². The second-order valence-electron chi connectivity index (χ2n) is 6.73. The van der Waals surface area contributed by atoms with Crippen molar-refractivity contribution in [2.75, 3.05) is 0 Å². The maximum atomic E-state index is 13.8. The Morgan fingerprint density at radius 3 is 2.08 bits per heavy atom. The zero-order valence-electron chi connectivity index (χ0n) is 13.6. The first-order valence-electron chi connectivity index (χ1n) is 7.32. The topological polar surface area (TPSA) is 26.3 Å². The van der Waals surface area contributed by atoms with Crippen LogP contribution in [0.15, 0.2) is 16.1 Å². The van der Waals surface area contributed by atoms with Gasteiger partial charge in [0.25, 0.3) is 0 Å². The highest BCUT2D eigenvalue weighted by atomic mass is 79.9. The van der Waals surface area contributed by atoms with E-state index >= 15 is 0 Å². The van der Waals surface area contributed by atoms with Gasteiger partial charge >= 0.3 is 5.97 Å². The zero-order chi connectivity index (χ0) is 18.4. The number of benzene rings is 1. The molecule has 0 bridgehead atoms. The van der Waals surface area contributed by atoms with Crippen LogP contribution in [-0.2, 0) is 16.1 Å². The van der Waals surface area contributed by atoms with Crippen LogP contribution in [0.2, 0.25) is 0 Å². The fourth-order valence-electron chi connectivity index (χ4n) is 2.81. The van der Waals surface area contributed by atoms with Gasteiger partial charge in [0.05, 0.1) is 16.0 Å². The minimum atomic E-state index is -1.58. The molecule has 0 saturated heterocycles. The van der Waals surface area contributed by atoms with Crippen molar-refractivity contribution in [3.63, 3.8) is 0 Å². The molecule has 24 heavy (non-hydrogen) atoms. The van der Waals surface area contributed by atoms with Crippen LogP contribution in [-0.4, -0.2) is 5.97 Å². The van der Waals surface area contributed by atoms with Crippen molar-refractivity contribution in [3.05, 3.63) is 45.0 Å². The molecule has 2 atom stereocenters. The van der Waals surface area contributed by atoms with E-state index in [1.54, 1.807) is 0 Å². The van der Waals surface area contributed by atoms with Crippen LogP contribution in [0.25, 0.3) is 0 Å². The van der Waals surface area contributed by atoms with Gasteiger partial charge < -0.3 is 4.74 Å². The van der Waals surface area contributed by atoms with Gasteiger partial charge in [-0.1, -0.05) is 25.5 Å². The highest BCUT2D eigenvalue weighted by Crippen LogP contribution is 2.59. The molecule has 1 fully saturated rings. The van der Waals surface area contributed by atoms with E-state index in [9.17, 15) is 22.4 Å². The molecule has 0 aliphatic heterocycles. The lowest BCUT2D eigenvalue weighted by molar-refractivity contribution is -0.147. The third-order valence-corrected chi connectivity index (χ3v) is 5.03. The number of ether oxygens (including phenoxy) is 1. The summed E-state index contributed by atoms with van der Waals surface area (Å²) in [6.07, 6.45) is 1.94. The van der Waals surface area contributed by atoms with Gasteiger partial charge in [0.1, 0.15) is 6.61 Å². The lowest BCUT2D eigenvalue weighted by Crippen LogP contribution is -2.13. The molecule has 1 saturated carbocycles. The van der Waals surface area contributed by atoms with E-state index in [1.807, 2.05) is 33.8 Å². The smallest absolute Gasteiger partial charge is 0.310 e. The van der Waals surface area contributed by atoms with Gasteiger partial charge in [-0.15, -0.1) is 0 Å². The number of esters is 1. The molecule has 1 aromatic carbocycles. The number of halogens is 5. The Morgan fingerprint density at radius 1 is 1.12 bits per heavy atom. The van der Waals surface area contributed by atoms with Gasteiger partial charge in [0, 0.05) is 0 Å². The van der Waals surface area contributed by atoms with E-state index in [-0.39, 0.29) is 11.3 Å². The largest absolute Gasteiger partial charge is 0.460 e. The highest BCUT2D eigenvalue weighted by Gasteiger charge is 2.61. The third kappa shape index (κ3) is 3.23. The van der Waals surface area contributed by atoms with Gasteiger partial charge in [-0.05, 0) is 41.1 Å². The Hall–Kier alpha value is -1.37. The quantitative estimate of drug-likeness (QED) is 0.222. The predicted molar refractivity (Wildman–Crippen MR) is 84.0 cm³/mol. The van der Waals surface area contributed by atoms with Crippen LogP contribution in [0.4, 0.5) is 17.6 Å². The van der Waals surface area contributed by atoms with Gasteiger partial charge in [0.2, 0.25) is 0 Å². The molecular weight excluding hydrogens is 392 g/mol. The molecule has 0 spiro atoms. The molecule has 0 radical (unpaired) electrons. The van der Waals surface area contributed by atoms with Crippen LogP contribution in [0.5, 0.6) is 0 Å². The second-order valence-corrected chi connectivity index (χ2v) is 7.52. The summed E-state index contributed by atoms with van der Waals surface area (Å²) in [5.41, 5.74) is -0.238. The van der Waals surface area contributed by atoms with Gasteiger partial charge in [0.15, 0.2) is 23.3 Å². The summed E-state index contributed by atoms with van der Waals surface area (Å²) in [4.78, 5) is 12.2. The van der Waals surface area contributed by atoms with E-state index in [0.717, 1.165) is 5.57 Å². The number of hydrogen-bond donors (Lipinski definition) is 0. The molecule has 1 aliphatic carbocycles. The van der Waals surface area contributed by atoms with Crippen LogP contribution in [0, 0.1) is 40.5 Å². The molecule has 0 heterocycles. The van der Waals surface area contributed by atoms with Crippen molar-refractivity contribution in [2.24, 2.45) is 17.3 Å². The fraction of sp³-hybridized carbons (Fsp3) is 0.471. The lowest BCUT2D eigenvalue weighted by atomic mass is 10.1. The first kappa shape index (κ1) is 19.0.